The zero-order valence-electron chi connectivity index (χ0n) is 7.28. The third-order valence-corrected chi connectivity index (χ3v) is 2.15. The molecular formula is C9H6ClNO3. The van der Waals surface area contributed by atoms with Gasteiger partial charge in [-0.1, -0.05) is 11.6 Å². The second-order valence-electron chi connectivity index (χ2n) is 2.59. The van der Waals surface area contributed by atoms with Crippen LogP contribution in [0.4, 0.5) is 0 Å². The molecular weight excluding hydrogens is 206 g/mol. The molecule has 2 aromatic rings. The van der Waals surface area contributed by atoms with Crippen molar-refractivity contribution in [1.82, 2.24) is 4.98 Å². The van der Waals surface area contributed by atoms with Gasteiger partial charge in [-0.3, -0.25) is 0 Å². The molecule has 0 N–H and O–H groups in total. The van der Waals surface area contributed by atoms with Gasteiger partial charge in [0.1, 0.15) is 5.02 Å². The first-order valence-corrected chi connectivity index (χ1v) is 4.23. The molecule has 2 aromatic heterocycles. The Morgan fingerprint density at radius 3 is 3.07 bits per heavy atom. The number of esters is 1. The zero-order chi connectivity index (χ0) is 10.1. The van der Waals surface area contributed by atoms with E-state index >= 15 is 0 Å². The molecule has 0 radical (unpaired) electrons. The quantitative estimate of drug-likeness (QED) is 0.679. The molecule has 0 aliphatic rings. The Morgan fingerprint density at radius 2 is 2.43 bits per heavy atom. The monoisotopic (exact) mass is 211 g/mol. The molecule has 0 atom stereocenters. The molecule has 5 heteroatoms. The number of aromatic nitrogens is 1. The van der Waals surface area contributed by atoms with Crippen molar-refractivity contribution in [3.8, 4) is 0 Å². The fourth-order valence-corrected chi connectivity index (χ4v) is 1.39. The molecule has 0 unspecified atom stereocenters. The number of halogens is 1. The van der Waals surface area contributed by atoms with Crippen LogP contribution < -0.4 is 0 Å². The lowest BCUT2D eigenvalue weighted by atomic mass is 10.3. The minimum Gasteiger partial charge on any atom is -0.463 e. The number of nitrogens with zero attached hydrogens (tertiary/aromatic N) is 1. The SMILES string of the molecule is COC(=O)c1oc2ncccc2c1Cl. The first-order chi connectivity index (χ1) is 6.74. The summed E-state index contributed by atoms with van der Waals surface area (Å²) in [4.78, 5) is 15.1. The topological polar surface area (TPSA) is 52.3 Å². The van der Waals surface area contributed by atoms with Crippen LogP contribution in [0.2, 0.25) is 5.02 Å². The van der Waals surface area contributed by atoms with E-state index in [-0.39, 0.29) is 10.8 Å². The van der Waals surface area contributed by atoms with Crippen molar-refractivity contribution in [3.63, 3.8) is 0 Å². The van der Waals surface area contributed by atoms with E-state index in [1.165, 1.54) is 7.11 Å². The van der Waals surface area contributed by atoms with E-state index in [1.807, 2.05) is 0 Å². The van der Waals surface area contributed by atoms with Crippen LogP contribution in [0, 0.1) is 0 Å². The van der Waals surface area contributed by atoms with Gasteiger partial charge in [-0.2, -0.15) is 0 Å². The minimum absolute atomic E-state index is 0.0112. The second-order valence-corrected chi connectivity index (χ2v) is 2.97. The van der Waals surface area contributed by atoms with Crippen LogP contribution in [0.1, 0.15) is 10.6 Å². The van der Waals surface area contributed by atoms with Gasteiger partial charge in [-0.15, -0.1) is 0 Å². The highest BCUT2D eigenvalue weighted by Crippen LogP contribution is 2.29. The largest absolute Gasteiger partial charge is 0.463 e. The van der Waals surface area contributed by atoms with Gasteiger partial charge in [0.15, 0.2) is 0 Å². The van der Waals surface area contributed by atoms with E-state index in [4.69, 9.17) is 16.0 Å². The molecule has 0 amide bonds. The molecule has 2 heterocycles. The Bertz CT molecular complexity index is 492. The van der Waals surface area contributed by atoms with E-state index in [0.717, 1.165) is 0 Å². The van der Waals surface area contributed by atoms with Gasteiger partial charge in [-0.05, 0) is 12.1 Å². The zero-order valence-corrected chi connectivity index (χ0v) is 8.04. The van der Waals surface area contributed by atoms with Crippen molar-refractivity contribution >= 4 is 28.7 Å². The Morgan fingerprint density at radius 1 is 1.64 bits per heavy atom. The number of furan rings is 1. The van der Waals surface area contributed by atoms with Crippen LogP contribution >= 0.6 is 11.6 Å². The molecule has 0 saturated heterocycles. The third kappa shape index (κ3) is 1.24. The number of rotatable bonds is 1. The van der Waals surface area contributed by atoms with Gasteiger partial charge in [0.2, 0.25) is 11.5 Å². The lowest BCUT2D eigenvalue weighted by Crippen LogP contribution is -1.99. The summed E-state index contributed by atoms with van der Waals surface area (Å²) in [6, 6.07) is 3.44. The summed E-state index contributed by atoms with van der Waals surface area (Å²) in [5.74, 6) is -0.615. The average molecular weight is 212 g/mol. The van der Waals surface area contributed by atoms with Crippen molar-refractivity contribution in [2.24, 2.45) is 0 Å². The van der Waals surface area contributed by atoms with Crippen LogP contribution in [0.3, 0.4) is 0 Å². The van der Waals surface area contributed by atoms with Gasteiger partial charge in [-0.25, -0.2) is 9.78 Å². The van der Waals surface area contributed by atoms with Crippen molar-refractivity contribution in [2.45, 2.75) is 0 Å². The van der Waals surface area contributed by atoms with E-state index < -0.39 is 5.97 Å². The summed E-state index contributed by atoms with van der Waals surface area (Å²) >= 11 is 5.90. The first kappa shape index (κ1) is 9.02. The van der Waals surface area contributed by atoms with Crippen LogP contribution in [-0.4, -0.2) is 18.1 Å². The minimum atomic E-state index is -0.604. The predicted molar refractivity (Wildman–Crippen MR) is 50.4 cm³/mol. The number of methoxy groups -OCH3 is 1. The number of hydrogen-bond acceptors (Lipinski definition) is 4. The number of hydrogen-bond donors (Lipinski definition) is 0. The maximum absolute atomic E-state index is 11.2. The Balaban J connectivity index is 2.68. The summed E-state index contributed by atoms with van der Waals surface area (Å²) in [6.45, 7) is 0. The summed E-state index contributed by atoms with van der Waals surface area (Å²) in [5.41, 5.74) is 0.331. The molecule has 2 rings (SSSR count). The van der Waals surface area contributed by atoms with Crippen LogP contribution in [0.15, 0.2) is 22.7 Å². The molecule has 0 saturated carbocycles. The Labute approximate surface area is 84.4 Å². The molecule has 0 aromatic carbocycles. The van der Waals surface area contributed by atoms with Crippen molar-refractivity contribution < 1.29 is 13.9 Å². The standard InChI is InChI=1S/C9H6ClNO3/c1-13-9(12)7-6(10)5-3-2-4-11-8(5)14-7/h2-4H,1H3. The van der Waals surface area contributed by atoms with Gasteiger partial charge in [0.25, 0.3) is 0 Å². The molecule has 72 valence electrons. The van der Waals surface area contributed by atoms with Crippen molar-refractivity contribution in [2.75, 3.05) is 7.11 Å². The maximum Gasteiger partial charge on any atom is 0.375 e. The van der Waals surface area contributed by atoms with Gasteiger partial charge in [0, 0.05) is 6.20 Å². The number of carbonyl (C=O) groups is 1. The summed E-state index contributed by atoms with van der Waals surface area (Å²) in [7, 11) is 1.26. The fraction of sp³-hybridized carbons (Fsp3) is 0.111. The maximum atomic E-state index is 11.2. The Hall–Kier alpha value is -1.55. The summed E-state index contributed by atoms with van der Waals surface area (Å²) < 4.78 is 9.64. The number of ether oxygens (including phenoxy) is 1. The van der Waals surface area contributed by atoms with Crippen LogP contribution in [-0.2, 0) is 4.74 Å². The van der Waals surface area contributed by atoms with Crippen LogP contribution in [0.25, 0.3) is 11.1 Å². The Kier molecular flexibility index (Phi) is 2.13. The first-order valence-electron chi connectivity index (χ1n) is 3.85. The molecule has 0 fully saturated rings. The highest BCUT2D eigenvalue weighted by molar-refractivity contribution is 6.37. The highest BCUT2D eigenvalue weighted by atomic mass is 35.5. The molecule has 14 heavy (non-hydrogen) atoms. The van der Waals surface area contributed by atoms with Gasteiger partial charge < -0.3 is 9.15 Å². The lowest BCUT2D eigenvalue weighted by Gasteiger charge is -1.92. The second kappa shape index (κ2) is 3.31. The van der Waals surface area contributed by atoms with E-state index in [2.05, 4.69) is 9.72 Å². The van der Waals surface area contributed by atoms with E-state index in [9.17, 15) is 4.79 Å². The van der Waals surface area contributed by atoms with E-state index in [0.29, 0.717) is 11.1 Å². The normalized spacial score (nSPS) is 10.4. The molecule has 0 aliphatic heterocycles. The average Bonchev–Trinajstić information content (AvgIpc) is 2.56. The molecule has 0 bridgehead atoms. The fourth-order valence-electron chi connectivity index (χ4n) is 1.13. The smallest absolute Gasteiger partial charge is 0.375 e. The highest BCUT2D eigenvalue weighted by Gasteiger charge is 2.19. The van der Waals surface area contributed by atoms with Crippen molar-refractivity contribution in [1.29, 1.82) is 0 Å². The summed E-state index contributed by atoms with van der Waals surface area (Å²) in [5, 5.41) is 0.842. The van der Waals surface area contributed by atoms with E-state index in [1.54, 1.807) is 18.3 Å². The number of pyridine rings is 1. The number of carbonyl (C=O) groups excluding carboxylic acids is 1. The van der Waals surface area contributed by atoms with Crippen LogP contribution in [0.5, 0.6) is 0 Å². The molecule has 0 aliphatic carbocycles. The summed E-state index contributed by atoms with van der Waals surface area (Å²) in [6.07, 6.45) is 1.56. The molecule has 0 spiro atoms. The number of fused-ring (bicyclic) bond motifs is 1. The van der Waals surface area contributed by atoms with Gasteiger partial charge in [0.05, 0.1) is 12.5 Å². The van der Waals surface area contributed by atoms with Crippen molar-refractivity contribution in [3.05, 3.63) is 29.1 Å². The lowest BCUT2D eigenvalue weighted by molar-refractivity contribution is 0.0567. The van der Waals surface area contributed by atoms with Gasteiger partial charge >= 0.3 is 5.97 Å². The third-order valence-electron chi connectivity index (χ3n) is 1.78. The molecule has 4 nitrogen and oxygen atoms in total. The predicted octanol–water partition coefficient (Wildman–Crippen LogP) is 2.27.